The smallest absolute Gasteiger partial charge is 0.337 e. The molecule has 0 amide bonds. The van der Waals surface area contributed by atoms with Crippen molar-refractivity contribution in [3.8, 4) is 0 Å². The molecule has 1 aromatic rings. The number of methoxy groups -OCH3 is 1. The first-order valence-electron chi connectivity index (χ1n) is 5.85. The van der Waals surface area contributed by atoms with Crippen LogP contribution in [0.4, 0.5) is 0 Å². The van der Waals surface area contributed by atoms with Crippen LogP contribution in [0.1, 0.15) is 11.9 Å². The number of hydrogen-bond acceptors (Lipinski definition) is 5. The van der Waals surface area contributed by atoms with E-state index in [-0.39, 0.29) is 12.2 Å². The molecule has 2 aliphatic rings. The van der Waals surface area contributed by atoms with Gasteiger partial charge in [0.15, 0.2) is 12.4 Å². The van der Waals surface area contributed by atoms with Crippen molar-refractivity contribution in [2.45, 2.75) is 24.6 Å². The van der Waals surface area contributed by atoms with Crippen molar-refractivity contribution in [3.05, 3.63) is 35.9 Å². The highest BCUT2D eigenvalue weighted by atomic mass is 16.7. The van der Waals surface area contributed by atoms with Gasteiger partial charge in [0.25, 0.3) is 0 Å². The van der Waals surface area contributed by atoms with E-state index in [1.807, 2.05) is 30.3 Å². The molecular formula is C13H14O5. The first-order chi connectivity index (χ1) is 8.79. The highest BCUT2D eigenvalue weighted by molar-refractivity contribution is 5.76. The average molecular weight is 250 g/mol. The van der Waals surface area contributed by atoms with E-state index in [2.05, 4.69) is 4.74 Å². The summed E-state index contributed by atoms with van der Waals surface area (Å²) in [5, 5.41) is 0. The van der Waals surface area contributed by atoms with Gasteiger partial charge in [-0.25, -0.2) is 4.79 Å². The zero-order valence-electron chi connectivity index (χ0n) is 9.94. The predicted octanol–water partition coefficient (Wildman–Crippen LogP) is 1.04. The van der Waals surface area contributed by atoms with Crippen LogP contribution in [0.5, 0.6) is 0 Å². The molecule has 96 valence electrons. The number of benzene rings is 1. The Morgan fingerprint density at radius 2 is 2.06 bits per heavy atom. The number of fused-ring (bicyclic) bond motifs is 1. The fraction of sp³-hybridized carbons (Fsp3) is 0.462. The molecular weight excluding hydrogens is 236 g/mol. The van der Waals surface area contributed by atoms with Gasteiger partial charge < -0.3 is 18.9 Å². The maximum Gasteiger partial charge on any atom is 0.337 e. The summed E-state index contributed by atoms with van der Waals surface area (Å²) in [5.41, 5.74) is 0.937. The third-order valence-corrected chi connectivity index (χ3v) is 3.18. The van der Waals surface area contributed by atoms with Crippen molar-refractivity contribution in [1.29, 1.82) is 0 Å². The number of ether oxygens (including phenoxy) is 4. The van der Waals surface area contributed by atoms with Gasteiger partial charge in [0, 0.05) is 5.56 Å². The van der Waals surface area contributed by atoms with Crippen LogP contribution in [0.2, 0.25) is 0 Å². The molecule has 0 spiro atoms. The highest BCUT2D eigenvalue weighted by Gasteiger charge is 2.52. The molecule has 2 fully saturated rings. The Morgan fingerprint density at radius 3 is 2.78 bits per heavy atom. The Balaban J connectivity index is 1.70. The Bertz CT molecular complexity index is 432. The number of hydrogen-bond donors (Lipinski definition) is 0. The second-order valence-corrected chi connectivity index (χ2v) is 4.29. The van der Waals surface area contributed by atoms with Crippen molar-refractivity contribution in [2.24, 2.45) is 0 Å². The van der Waals surface area contributed by atoms with Crippen LogP contribution >= 0.6 is 0 Å². The monoisotopic (exact) mass is 250 g/mol. The molecule has 0 bridgehead atoms. The molecule has 4 atom stereocenters. The van der Waals surface area contributed by atoms with Crippen molar-refractivity contribution in [1.82, 2.24) is 0 Å². The summed E-state index contributed by atoms with van der Waals surface area (Å²) in [5.74, 6) is -0.398. The van der Waals surface area contributed by atoms with Gasteiger partial charge >= 0.3 is 5.97 Å². The lowest BCUT2D eigenvalue weighted by Crippen LogP contribution is -2.63. The maximum absolute atomic E-state index is 11.4. The van der Waals surface area contributed by atoms with Crippen LogP contribution in [0.3, 0.4) is 0 Å². The Labute approximate surface area is 105 Å². The Morgan fingerprint density at radius 1 is 1.28 bits per heavy atom. The van der Waals surface area contributed by atoms with E-state index in [0.717, 1.165) is 5.56 Å². The molecule has 0 aliphatic carbocycles. The number of esters is 1. The summed E-state index contributed by atoms with van der Waals surface area (Å²) in [6, 6.07) is 9.63. The molecule has 0 N–H and O–H groups in total. The molecule has 2 aliphatic heterocycles. The van der Waals surface area contributed by atoms with Gasteiger partial charge in [-0.15, -0.1) is 0 Å². The van der Waals surface area contributed by atoms with Gasteiger partial charge in [0.1, 0.15) is 12.2 Å². The predicted molar refractivity (Wildman–Crippen MR) is 60.7 cm³/mol. The number of carbonyl (C=O) groups is 1. The summed E-state index contributed by atoms with van der Waals surface area (Å²) in [6.45, 7) is 0.428. The third kappa shape index (κ3) is 1.90. The Hall–Kier alpha value is -1.43. The van der Waals surface area contributed by atoms with Crippen molar-refractivity contribution < 1.29 is 23.7 Å². The van der Waals surface area contributed by atoms with Crippen molar-refractivity contribution in [3.63, 3.8) is 0 Å². The van der Waals surface area contributed by atoms with Crippen LogP contribution < -0.4 is 0 Å². The van der Waals surface area contributed by atoms with E-state index in [1.54, 1.807) is 0 Å². The van der Waals surface area contributed by atoms with Crippen LogP contribution in [0, 0.1) is 0 Å². The molecule has 0 radical (unpaired) electrons. The SMILES string of the molecule is COC(=O)[C@H]1O[C@@H]2CO[C@H](c3ccccc3)O[C@H]12. The minimum atomic E-state index is -0.630. The van der Waals surface area contributed by atoms with E-state index in [4.69, 9.17) is 14.2 Å². The molecule has 5 heteroatoms. The minimum Gasteiger partial charge on any atom is -0.467 e. The molecule has 3 rings (SSSR count). The summed E-state index contributed by atoms with van der Waals surface area (Å²) in [7, 11) is 1.34. The van der Waals surface area contributed by atoms with Crippen LogP contribution in [0.15, 0.2) is 30.3 Å². The van der Waals surface area contributed by atoms with Gasteiger partial charge in [-0.3, -0.25) is 0 Å². The van der Waals surface area contributed by atoms with E-state index < -0.39 is 18.4 Å². The molecule has 0 aromatic heterocycles. The van der Waals surface area contributed by atoms with E-state index >= 15 is 0 Å². The fourth-order valence-corrected chi connectivity index (χ4v) is 2.20. The molecule has 5 nitrogen and oxygen atoms in total. The lowest BCUT2D eigenvalue weighted by Gasteiger charge is -2.47. The Kier molecular flexibility index (Phi) is 3.03. The summed E-state index contributed by atoms with van der Waals surface area (Å²) in [6.07, 6.45) is -1.52. The lowest BCUT2D eigenvalue weighted by molar-refractivity contribution is -0.347. The van der Waals surface area contributed by atoms with Crippen LogP contribution in [-0.4, -0.2) is 38.0 Å². The van der Waals surface area contributed by atoms with Gasteiger partial charge in [-0.05, 0) is 0 Å². The molecule has 0 saturated carbocycles. The average Bonchev–Trinajstić information content (AvgIpc) is 2.41. The van der Waals surface area contributed by atoms with Gasteiger partial charge in [0.2, 0.25) is 0 Å². The van der Waals surface area contributed by atoms with Crippen molar-refractivity contribution in [2.75, 3.05) is 13.7 Å². The van der Waals surface area contributed by atoms with Crippen LogP contribution in [-0.2, 0) is 23.7 Å². The number of rotatable bonds is 2. The maximum atomic E-state index is 11.4. The first-order valence-corrected chi connectivity index (χ1v) is 5.85. The zero-order valence-corrected chi connectivity index (χ0v) is 9.94. The van der Waals surface area contributed by atoms with Crippen LogP contribution in [0.25, 0.3) is 0 Å². The first kappa shape index (κ1) is 11.6. The second-order valence-electron chi connectivity index (χ2n) is 4.29. The van der Waals surface area contributed by atoms with E-state index in [0.29, 0.717) is 6.61 Å². The minimum absolute atomic E-state index is 0.172. The molecule has 0 unspecified atom stereocenters. The highest BCUT2D eigenvalue weighted by Crippen LogP contribution is 2.36. The lowest BCUT2D eigenvalue weighted by atomic mass is 10.00. The quantitative estimate of drug-likeness (QED) is 0.734. The zero-order chi connectivity index (χ0) is 12.5. The molecule has 2 heterocycles. The fourth-order valence-electron chi connectivity index (χ4n) is 2.20. The van der Waals surface area contributed by atoms with E-state index in [9.17, 15) is 4.79 Å². The van der Waals surface area contributed by atoms with E-state index in [1.165, 1.54) is 7.11 Å². The molecule has 1 aromatic carbocycles. The molecule has 2 saturated heterocycles. The standard InChI is InChI=1S/C13H14O5/c1-15-12(14)11-10-9(17-11)7-16-13(18-10)8-5-3-2-4-6-8/h2-6,9-11,13H,7H2,1H3/t9-,10+,11+,13+/m1/s1. The largest absolute Gasteiger partial charge is 0.467 e. The third-order valence-electron chi connectivity index (χ3n) is 3.18. The summed E-state index contributed by atoms with van der Waals surface area (Å²) < 4.78 is 21.3. The second kappa shape index (κ2) is 4.68. The van der Waals surface area contributed by atoms with Gasteiger partial charge in [-0.1, -0.05) is 30.3 Å². The van der Waals surface area contributed by atoms with Gasteiger partial charge in [0.05, 0.1) is 13.7 Å². The normalized spacial score (nSPS) is 34.3. The summed E-state index contributed by atoms with van der Waals surface area (Å²) in [4.78, 5) is 11.4. The number of carbonyl (C=O) groups excluding carboxylic acids is 1. The topological polar surface area (TPSA) is 54.0 Å². The van der Waals surface area contributed by atoms with Gasteiger partial charge in [-0.2, -0.15) is 0 Å². The van der Waals surface area contributed by atoms with Crippen molar-refractivity contribution >= 4 is 5.97 Å². The summed E-state index contributed by atoms with van der Waals surface area (Å²) >= 11 is 0. The molecule has 18 heavy (non-hydrogen) atoms.